The topological polar surface area (TPSA) is 72.9 Å². The van der Waals surface area contributed by atoms with Gasteiger partial charge in [-0.3, -0.25) is 4.31 Å². The molecule has 116 valence electrons. The van der Waals surface area contributed by atoms with Gasteiger partial charge in [-0.1, -0.05) is 0 Å². The van der Waals surface area contributed by atoms with Crippen LogP contribution >= 0.6 is 0 Å². The smallest absolute Gasteiger partial charge is 0.338 e. The molecule has 1 aliphatic rings. The molecule has 21 heavy (non-hydrogen) atoms. The molecule has 0 unspecified atom stereocenters. The zero-order valence-corrected chi connectivity index (χ0v) is 13.0. The van der Waals surface area contributed by atoms with Gasteiger partial charge in [-0.05, 0) is 31.9 Å². The van der Waals surface area contributed by atoms with Crippen molar-refractivity contribution in [3.63, 3.8) is 0 Å². The summed E-state index contributed by atoms with van der Waals surface area (Å²) in [7, 11) is -2.05. The van der Waals surface area contributed by atoms with E-state index in [1.54, 1.807) is 12.1 Å². The second-order valence-electron chi connectivity index (χ2n) is 4.74. The number of sulfonamides is 1. The molecule has 1 aromatic carbocycles. The lowest BCUT2D eigenvalue weighted by Crippen LogP contribution is -2.37. The predicted octanol–water partition coefficient (Wildman–Crippen LogP) is 1.80. The Morgan fingerprint density at radius 1 is 1.29 bits per heavy atom. The van der Waals surface area contributed by atoms with Crippen molar-refractivity contribution < 1.29 is 22.7 Å². The Morgan fingerprint density at radius 3 is 2.67 bits per heavy atom. The molecule has 0 amide bonds. The number of hydrogen-bond acceptors (Lipinski definition) is 5. The van der Waals surface area contributed by atoms with Crippen LogP contribution in [0.3, 0.4) is 0 Å². The fourth-order valence-corrected chi connectivity index (χ4v) is 3.92. The third-order valence-corrected chi connectivity index (χ3v) is 5.13. The molecule has 0 spiro atoms. The van der Waals surface area contributed by atoms with E-state index >= 15 is 0 Å². The summed E-state index contributed by atoms with van der Waals surface area (Å²) in [6, 6.07) is 4.71. The number of esters is 1. The average molecular weight is 313 g/mol. The Kier molecular flexibility index (Phi) is 4.72. The molecule has 0 bridgehead atoms. The Morgan fingerprint density at radius 2 is 2.05 bits per heavy atom. The Bertz CT molecular complexity index is 626. The highest BCUT2D eigenvalue weighted by molar-refractivity contribution is 7.92. The normalized spacial score (nSPS) is 17.3. The minimum absolute atomic E-state index is 0.124. The monoisotopic (exact) mass is 313 g/mol. The largest absolute Gasteiger partial charge is 0.494 e. The highest BCUT2D eigenvalue weighted by atomic mass is 32.2. The maximum absolute atomic E-state index is 12.2. The summed E-state index contributed by atoms with van der Waals surface area (Å²) in [4.78, 5) is 11.7. The Labute approximate surface area is 124 Å². The van der Waals surface area contributed by atoms with E-state index in [4.69, 9.17) is 9.47 Å². The third kappa shape index (κ3) is 3.47. The van der Waals surface area contributed by atoms with Crippen LogP contribution in [-0.4, -0.2) is 40.4 Å². The molecule has 6 nitrogen and oxygen atoms in total. The first-order valence-corrected chi connectivity index (χ1v) is 8.45. The minimum atomic E-state index is -3.33. The van der Waals surface area contributed by atoms with Gasteiger partial charge in [0, 0.05) is 12.6 Å². The summed E-state index contributed by atoms with van der Waals surface area (Å²) in [6.07, 6.45) is 1.46. The molecule has 0 atom stereocenters. The van der Waals surface area contributed by atoms with E-state index in [-0.39, 0.29) is 11.3 Å². The van der Waals surface area contributed by atoms with Crippen LogP contribution in [0.5, 0.6) is 5.75 Å². The van der Waals surface area contributed by atoms with Crippen molar-refractivity contribution in [2.45, 2.75) is 19.8 Å². The van der Waals surface area contributed by atoms with Crippen LogP contribution in [0.4, 0.5) is 5.69 Å². The lowest BCUT2D eigenvalue weighted by Gasteiger charge is -2.28. The number of carbonyl (C=O) groups excluding carboxylic acids is 1. The van der Waals surface area contributed by atoms with Crippen LogP contribution in [0.2, 0.25) is 0 Å². The fourth-order valence-electron chi connectivity index (χ4n) is 2.29. The summed E-state index contributed by atoms with van der Waals surface area (Å²) >= 11 is 0. The molecular weight excluding hydrogens is 294 g/mol. The third-order valence-electron chi connectivity index (χ3n) is 3.26. The van der Waals surface area contributed by atoms with Crippen molar-refractivity contribution in [2.24, 2.45) is 0 Å². The number of nitrogens with zero attached hydrogens (tertiary/aromatic N) is 1. The standard InChI is InChI=1S/C14H19NO5S/c1-3-20-13-9-11(14(16)19-2)8-12(10-13)15-6-4-5-7-21(15,17)18/h8-10H,3-7H2,1-2H3. The molecule has 0 aliphatic carbocycles. The van der Waals surface area contributed by atoms with Gasteiger partial charge in [0.15, 0.2) is 0 Å². The van der Waals surface area contributed by atoms with E-state index in [9.17, 15) is 13.2 Å². The molecule has 1 saturated heterocycles. The summed E-state index contributed by atoms with van der Waals surface area (Å²) in [6.45, 7) is 2.66. The van der Waals surface area contributed by atoms with Gasteiger partial charge in [0.05, 0.1) is 30.7 Å². The summed E-state index contributed by atoms with van der Waals surface area (Å²) in [5.41, 5.74) is 0.722. The Hall–Kier alpha value is -1.76. The van der Waals surface area contributed by atoms with Gasteiger partial charge in [-0.2, -0.15) is 0 Å². The van der Waals surface area contributed by atoms with Crippen molar-refractivity contribution in [3.05, 3.63) is 23.8 Å². The molecule has 1 aromatic rings. The van der Waals surface area contributed by atoms with Crippen LogP contribution in [0, 0.1) is 0 Å². The van der Waals surface area contributed by atoms with Crippen molar-refractivity contribution in [1.29, 1.82) is 0 Å². The number of benzene rings is 1. The van der Waals surface area contributed by atoms with E-state index in [2.05, 4.69) is 0 Å². The molecule has 1 aliphatic heterocycles. The average Bonchev–Trinajstić information content (AvgIpc) is 2.46. The van der Waals surface area contributed by atoms with Crippen molar-refractivity contribution in [3.8, 4) is 5.75 Å². The number of anilines is 1. The van der Waals surface area contributed by atoms with Crippen molar-refractivity contribution in [2.75, 3.05) is 30.3 Å². The van der Waals surface area contributed by atoms with Gasteiger partial charge in [0.1, 0.15) is 5.75 Å². The molecular formula is C14H19NO5S. The maximum atomic E-state index is 12.2. The first kappa shape index (κ1) is 15.6. The van der Waals surface area contributed by atoms with Gasteiger partial charge in [0.2, 0.25) is 10.0 Å². The van der Waals surface area contributed by atoms with Crippen LogP contribution in [0.15, 0.2) is 18.2 Å². The summed E-state index contributed by atoms with van der Waals surface area (Å²) < 4.78 is 35.8. The van der Waals surface area contributed by atoms with Gasteiger partial charge >= 0.3 is 5.97 Å². The lowest BCUT2D eigenvalue weighted by atomic mass is 10.2. The van der Waals surface area contributed by atoms with Crippen LogP contribution in [-0.2, 0) is 14.8 Å². The highest BCUT2D eigenvalue weighted by Gasteiger charge is 2.27. The molecule has 1 heterocycles. The van der Waals surface area contributed by atoms with Crippen LogP contribution < -0.4 is 9.04 Å². The second kappa shape index (κ2) is 6.34. The first-order chi connectivity index (χ1) is 9.97. The molecule has 2 rings (SSSR count). The highest BCUT2D eigenvalue weighted by Crippen LogP contribution is 2.29. The van der Waals surface area contributed by atoms with Gasteiger partial charge in [-0.15, -0.1) is 0 Å². The second-order valence-corrected chi connectivity index (χ2v) is 6.75. The number of carbonyl (C=O) groups is 1. The van der Waals surface area contributed by atoms with E-state index in [1.807, 2.05) is 6.92 Å². The van der Waals surface area contributed by atoms with Crippen LogP contribution in [0.1, 0.15) is 30.1 Å². The van der Waals surface area contributed by atoms with Gasteiger partial charge in [-0.25, -0.2) is 13.2 Å². The molecule has 1 fully saturated rings. The molecule has 0 aromatic heterocycles. The molecule has 0 N–H and O–H groups in total. The minimum Gasteiger partial charge on any atom is -0.494 e. The number of methoxy groups -OCH3 is 1. The first-order valence-electron chi connectivity index (χ1n) is 6.84. The summed E-state index contributed by atoms with van der Waals surface area (Å²) in [5.74, 6) is 0.0581. The fraction of sp³-hybridized carbons (Fsp3) is 0.500. The van der Waals surface area contributed by atoms with Crippen molar-refractivity contribution >= 4 is 21.7 Å². The zero-order chi connectivity index (χ0) is 15.5. The van der Waals surface area contributed by atoms with E-state index in [0.29, 0.717) is 31.0 Å². The van der Waals surface area contributed by atoms with Gasteiger partial charge in [0.25, 0.3) is 0 Å². The lowest BCUT2D eigenvalue weighted by molar-refractivity contribution is 0.0600. The Balaban J connectivity index is 2.46. The SMILES string of the molecule is CCOc1cc(C(=O)OC)cc(N2CCCCS2(=O)=O)c1. The quantitative estimate of drug-likeness (QED) is 0.793. The van der Waals surface area contributed by atoms with Crippen molar-refractivity contribution in [1.82, 2.24) is 0 Å². The van der Waals surface area contributed by atoms with E-state index < -0.39 is 16.0 Å². The van der Waals surface area contributed by atoms with E-state index in [0.717, 1.165) is 6.42 Å². The van der Waals surface area contributed by atoms with E-state index in [1.165, 1.54) is 17.5 Å². The maximum Gasteiger partial charge on any atom is 0.338 e. The number of ether oxygens (including phenoxy) is 2. The predicted molar refractivity (Wildman–Crippen MR) is 79.3 cm³/mol. The number of hydrogen-bond donors (Lipinski definition) is 0. The molecule has 7 heteroatoms. The summed E-state index contributed by atoms with van der Waals surface area (Å²) in [5, 5.41) is 0. The number of rotatable bonds is 4. The van der Waals surface area contributed by atoms with Gasteiger partial charge < -0.3 is 9.47 Å². The zero-order valence-electron chi connectivity index (χ0n) is 12.2. The molecule has 0 radical (unpaired) electrons. The molecule has 0 saturated carbocycles. The van der Waals surface area contributed by atoms with Crippen LogP contribution in [0.25, 0.3) is 0 Å².